The van der Waals surface area contributed by atoms with E-state index in [1.807, 2.05) is 0 Å². The highest BCUT2D eigenvalue weighted by atomic mass is 16.7. The van der Waals surface area contributed by atoms with Crippen LogP contribution in [0.4, 0.5) is 0 Å². The zero-order valence-electron chi connectivity index (χ0n) is 32.3. The molecule has 8 nitrogen and oxygen atoms in total. The maximum atomic E-state index is 12.6. The van der Waals surface area contributed by atoms with Gasteiger partial charge in [0.2, 0.25) is 0 Å². The molecule has 2 heterocycles. The van der Waals surface area contributed by atoms with Crippen molar-refractivity contribution in [2.24, 2.45) is 50.7 Å². The summed E-state index contributed by atoms with van der Waals surface area (Å²) in [6.07, 6.45) is 8.79. The summed E-state index contributed by atoms with van der Waals surface area (Å²) in [5.41, 5.74) is 0.228. The third-order valence-electron chi connectivity index (χ3n) is 16.9. The number of ether oxygens (including phenoxy) is 5. The van der Waals surface area contributed by atoms with Gasteiger partial charge in [0.1, 0.15) is 6.10 Å². The van der Waals surface area contributed by atoms with E-state index >= 15 is 0 Å². The summed E-state index contributed by atoms with van der Waals surface area (Å²) in [5, 5.41) is 12.6. The van der Waals surface area contributed by atoms with Gasteiger partial charge < -0.3 is 33.7 Å². The average molecular weight is 675 g/mol. The third-order valence-corrected chi connectivity index (χ3v) is 16.9. The lowest BCUT2D eigenvalue weighted by atomic mass is 9.41. The fraction of sp³-hybridized carbons (Fsp3) is 1.00. The lowest BCUT2D eigenvalue weighted by molar-refractivity contribution is -0.249. The minimum absolute atomic E-state index is 0.0555. The Morgan fingerprint density at radius 2 is 1.71 bits per heavy atom. The molecule has 2 aliphatic heterocycles. The van der Waals surface area contributed by atoms with Gasteiger partial charge in [-0.1, -0.05) is 34.6 Å². The molecule has 5 aliphatic carbocycles. The van der Waals surface area contributed by atoms with Crippen molar-refractivity contribution < 1.29 is 28.8 Å². The van der Waals surface area contributed by atoms with Gasteiger partial charge >= 0.3 is 0 Å². The molecule has 8 heteroatoms. The second-order valence-corrected chi connectivity index (χ2v) is 19.5. The Labute approximate surface area is 292 Å². The van der Waals surface area contributed by atoms with Gasteiger partial charge in [0.05, 0.1) is 36.6 Å². The highest BCUT2D eigenvalue weighted by molar-refractivity contribution is 5.33. The molecule has 0 aromatic carbocycles. The molecule has 1 unspecified atom stereocenters. The molecule has 1 N–H and O–H groups in total. The highest BCUT2D eigenvalue weighted by Gasteiger charge is 2.84. The molecule has 0 amide bonds. The van der Waals surface area contributed by atoms with Crippen molar-refractivity contribution in [2.45, 2.75) is 142 Å². The molecule has 0 aromatic rings. The Morgan fingerprint density at radius 3 is 2.40 bits per heavy atom. The van der Waals surface area contributed by atoms with Crippen LogP contribution in [-0.2, 0) is 23.7 Å². The summed E-state index contributed by atoms with van der Waals surface area (Å²) in [7, 11) is 7.83. The largest absolute Gasteiger partial charge is 0.390 e. The Kier molecular flexibility index (Phi) is 9.10. The monoisotopic (exact) mass is 675 g/mol. The van der Waals surface area contributed by atoms with Crippen molar-refractivity contribution in [1.29, 1.82) is 0 Å². The number of hydrogen-bond acceptors (Lipinski definition) is 8. The van der Waals surface area contributed by atoms with E-state index in [1.54, 1.807) is 14.2 Å². The normalized spacial score (nSPS) is 50.6. The van der Waals surface area contributed by atoms with Gasteiger partial charge in [-0.15, -0.1) is 0 Å². The quantitative estimate of drug-likeness (QED) is 0.327. The van der Waals surface area contributed by atoms with E-state index in [0.717, 1.165) is 45.6 Å². The Balaban J connectivity index is 1.10. The van der Waals surface area contributed by atoms with Crippen LogP contribution in [0.3, 0.4) is 0 Å². The Morgan fingerprint density at radius 1 is 1.00 bits per heavy atom. The molecule has 2 saturated heterocycles. The summed E-state index contributed by atoms with van der Waals surface area (Å²) in [5.74, 6) is 1.99. The Hall–Kier alpha value is -0.320. The van der Waals surface area contributed by atoms with Gasteiger partial charge in [-0.05, 0) is 125 Å². The second-order valence-electron chi connectivity index (χ2n) is 19.5. The lowest BCUT2D eigenvalue weighted by Crippen LogP contribution is -2.60. The fourth-order valence-corrected chi connectivity index (χ4v) is 14.2. The average Bonchev–Trinajstić information content (AvgIpc) is 3.66. The van der Waals surface area contributed by atoms with Gasteiger partial charge in [-0.3, -0.25) is 4.90 Å². The van der Waals surface area contributed by atoms with E-state index in [9.17, 15) is 5.11 Å². The van der Waals surface area contributed by atoms with Crippen LogP contribution in [0.5, 0.6) is 0 Å². The molecule has 7 aliphatic rings. The molecule has 2 spiro atoms. The number of methoxy groups -OCH3 is 2. The Bertz CT molecular complexity index is 1200. The molecule has 7 fully saturated rings. The summed E-state index contributed by atoms with van der Waals surface area (Å²) in [6.45, 7) is 21.4. The first-order valence-corrected chi connectivity index (χ1v) is 19.6. The van der Waals surface area contributed by atoms with Crippen molar-refractivity contribution in [3.8, 4) is 0 Å². The molecule has 0 radical (unpaired) electrons. The molecular formula is C40H70N2O6. The molecule has 14 atom stereocenters. The standard InChI is InChI=1S/C40H70N2O6/c1-25-22-26(34(44-10)36(4,5)45-11)47-32-31(25)37(6)16-17-40-24-39(40)15-14-29(48-30-23-42(20-21-46-30)19-18-41(8)9)35(2,3)27(39)12-13-28(40)38(37,7)33(32)43/h25-34,43H,12-24H2,1-11H3/t25-,26-,27+,28+,29+,30+,31+,32+,33+,34+,37-,38-,39?,40+/m1/s1. The topological polar surface area (TPSA) is 72.9 Å². The number of aliphatic hydroxyl groups is 1. The van der Waals surface area contributed by atoms with Crippen molar-refractivity contribution in [3.63, 3.8) is 0 Å². The van der Waals surface area contributed by atoms with Crippen LogP contribution < -0.4 is 0 Å². The van der Waals surface area contributed by atoms with Crippen LogP contribution in [0.1, 0.15) is 99.8 Å². The molecule has 48 heavy (non-hydrogen) atoms. The van der Waals surface area contributed by atoms with Gasteiger partial charge in [0.15, 0.2) is 6.29 Å². The molecular weight excluding hydrogens is 604 g/mol. The number of rotatable bonds is 9. The first-order chi connectivity index (χ1) is 22.5. The number of hydrogen-bond donors (Lipinski definition) is 1. The minimum Gasteiger partial charge on any atom is -0.390 e. The van der Waals surface area contributed by atoms with Crippen LogP contribution in [0.2, 0.25) is 0 Å². The van der Waals surface area contributed by atoms with E-state index in [4.69, 9.17) is 23.7 Å². The van der Waals surface area contributed by atoms with E-state index in [2.05, 4.69) is 72.4 Å². The number of nitrogens with zero attached hydrogens (tertiary/aromatic N) is 2. The predicted octanol–water partition coefficient (Wildman–Crippen LogP) is 5.84. The second kappa shape index (κ2) is 12.1. The predicted molar refractivity (Wildman–Crippen MR) is 188 cm³/mol. The van der Waals surface area contributed by atoms with E-state index in [-0.39, 0.29) is 47.0 Å². The van der Waals surface area contributed by atoms with Crippen LogP contribution in [0, 0.1) is 50.7 Å². The maximum absolute atomic E-state index is 12.6. The van der Waals surface area contributed by atoms with Gasteiger partial charge in [-0.25, -0.2) is 0 Å². The minimum atomic E-state index is -0.469. The van der Waals surface area contributed by atoms with Crippen molar-refractivity contribution in [3.05, 3.63) is 0 Å². The fourth-order valence-electron chi connectivity index (χ4n) is 14.2. The highest BCUT2D eigenvalue weighted by Crippen LogP contribution is 2.89. The van der Waals surface area contributed by atoms with Gasteiger partial charge in [-0.2, -0.15) is 0 Å². The van der Waals surface area contributed by atoms with E-state index in [0.29, 0.717) is 34.5 Å². The van der Waals surface area contributed by atoms with Crippen LogP contribution in [0.15, 0.2) is 0 Å². The van der Waals surface area contributed by atoms with Crippen LogP contribution in [0.25, 0.3) is 0 Å². The summed E-state index contributed by atoms with van der Waals surface area (Å²) >= 11 is 0. The van der Waals surface area contributed by atoms with E-state index in [1.165, 1.54) is 38.5 Å². The van der Waals surface area contributed by atoms with Crippen molar-refractivity contribution in [2.75, 3.05) is 61.1 Å². The van der Waals surface area contributed by atoms with Gasteiger partial charge in [0.25, 0.3) is 0 Å². The maximum Gasteiger partial charge on any atom is 0.170 e. The van der Waals surface area contributed by atoms with E-state index < -0.39 is 11.7 Å². The first-order valence-electron chi connectivity index (χ1n) is 19.6. The SMILES string of the molecule is CO[C@@H]([C@H]1C[C@@H](C)[C@H]2[C@H](O1)[C@H](O)[C@@]1(C)[C@@H]3CC[C@H]4C(C)(C)[C@@H](O[C@H]5CN(CCN(C)C)CCO5)CCC45C[C@@]35CC[C@]21C)C(C)(C)OC. The summed E-state index contributed by atoms with van der Waals surface area (Å²) in [6, 6.07) is 0. The number of aliphatic hydroxyl groups excluding tert-OH is 1. The molecule has 7 rings (SSSR count). The van der Waals surface area contributed by atoms with Crippen molar-refractivity contribution in [1.82, 2.24) is 9.80 Å². The molecule has 0 aromatic heterocycles. The zero-order valence-corrected chi connectivity index (χ0v) is 32.3. The summed E-state index contributed by atoms with van der Waals surface area (Å²) in [4.78, 5) is 4.77. The number of likely N-dealkylation sites (N-methyl/N-ethyl adjacent to an activating group) is 1. The first kappa shape index (κ1) is 36.1. The molecule has 5 saturated carbocycles. The van der Waals surface area contributed by atoms with Crippen LogP contribution >= 0.6 is 0 Å². The number of morpholine rings is 1. The smallest absolute Gasteiger partial charge is 0.170 e. The van der Waals surface area contributed by atoms with Gasteiger partial charge in [0, 0.05) is 45.8 Å². The third kappa shape index (κ3) is 4.95. The lowest BCUT2D eigenvalue weighted by Gasteiger charge is -2.64. The summed E-state index contributed by atoms with van der Waals surface area (Å²) < 4.78 is 32.2. The van der Waals surface area contributed by atoms with Crippen molar-refractivity contribution >= 4 is 0 Å². The molecule has 276 valence electrons. The van der Waals surface area contributed by atoms with Crippen LogP contribution in [-0.4, -0.2) is 118 Å². The molecule has 0 bridgehead atoms. The zero-order chi connectivity index (χ0) is 34.7. The number of fused-ring (bicyclic) bond motifs is 4.